The fourth-order valence-electron chi connectivity index (χ4n) is 2.34. The fraction of sp³-hybridized carbons (Fsp3) is 0.500. The van der Waals surface area contributed by atoms with E-state index in [2.05, 4.69) is 17.4 Å². The highest BCUT2D eigenvalue weighted by Crippen LogP contribution is 2.27. The van der Waals surface area contributed by atoms with Crippen LogP contribution >= 0.6 is 0 Å². The van der Waals surface area contributed by atoms with Crippen LogP contribution in [0.1, 0.15) is 24.8 Å². The van der Waals surface area contributed by atoms with E-state index in [1.807, 2.05) is 24.1 Å². The summed E-state index contributed by atoms with van der Waals surface area (Å²) in [6, 6.07) is 8.25. The van der Waals surface area contributed by atoms with Gasteiger partial charge >= 0.3 is 0 Å². The molecule has 0 aromatic heterocycles. The molecule has 0 bridgehead atoms. The summed E-state index contributed by atoms with van der Waals surface area (Å²) in [6.45, 7) is 1.77. The molecule has 1 heterocycles. The van der Waals surface area contributed by atoms with E-state index in [1.54, 1.807) is 0 Å². The first-order valence-electron chi connectivity index (χ1n) is 6.36. The van der Waals surface area contributed by atoms with Crippen molar-refractivity contribution in [2.75, 3.05) is 25.0 Å². The van der Waals surface area contributed by atoms with Crippen LogP contribution in [0.15, 0.2) is 24.3 Å². The molecule has 1 amide bonds. The Morgan fingerprint density at radius 3 is 3.06 bits per heavy atom. The highest BCUT2D eigenvalue weighted by Gasteiger charge is 2.21. The lowest BCUT2D eigenvalue weighted by Crippen LogP contribution is -2.35. The highest BCUT2D eigenvalue weighted by atomic mass is 16.2. The third-order valence-electron chi connectivity index (χ3n) is 3.23. The lowest BCUT2D eigenvalue weighted by molar-refractivity contribution is -0.118. The number of para-hydroxylation sites is 1. The van der Waals surface area contributed by atoms with Gasteiger partial charge in [-0.3, -0.25) is 4.79 Å². The van der Waals surface area contributed by atoms with Crippen LogP contribution in [0.5, 0.6) is 0 Å². The Kier molecular flexibility index (Phi) is 4.15. The SMILES string of the molecule is CNCCCC(=O)N1CCCc2ccccc21. The van der Waals surface area contributed by atoms with Gasteiger partial charge in [0, 0.05) is 18.7 Å². The quantitative estimate of drug-likeness (QED) is 0.805. The van der Waals surface area contributed by atoms with E-state index >= 15 is 0 Å². The number of nitrogens with one attached hydrogen (secondary N) is 1. The molecule has 0 saturated heterocycles. The minimum atomic E-state index is 0.257. The Bertz CT molecular complexity index is 390. The second-order valence-corrected chi connectivity index (χ2v) is 4.48. The van der Waals surface area contributed by atoms with Crippen LogP contribution in [0.2, 0.25) is 0 Å². The molecule has 1 aromatic carbocycles. The summed E-state index contributed by atoms with van der Waals surface area (Å²) in [5, 5.41) is 3.07. The van der Waals surface area contributed by atoms with Crippen molar-refractivity contribution in [1.29, 1.82) is 0 Å². The number of benzene rings is 1. The zero-order chi connectivity index (χ0) is 12.1. The Morgan fingerprint density at radius 2 is 2.24 bits per heavy atom. The van der Waals surface area contributed by atoms with Gasteiger partial charge in [-0.25, -0.2) is 0 Å². The average molecular weight is 232 g/mol. The van der Waals surface area contributed by atoms with E-state index in [9.17, 15) is 4.79 Å². The van der Waals surface area contributed by atoms with Gasteiger partial charge in [0.2, 0.25) is 5.91 Å². The Morgan fingerprint density at radius 1 is 1.41 bits per heavy atom. The summed E-state index contributed by atoms with van der Waals surface area (Å²) in [7, 11) is 1.92. The van der Waals surface area contributed by atoms with Gasteiger partial charge in [-0.15, -0.1) is 0 Å². The Hall–Kier alpha value is -1.35. The highest BCUT2D eigenvalue weighted by molar-refractivity contribution is 5.94. The maximum Gasteiger partial charge on any atom is 0.227 e. The van der Waals surface area contributed by atoms with Gasteiger partial charge in [0.25, 0.3) is 0 Å². The lowest BCUT2D eigenvalue weighted by atomic mass is 10.0. The fourth-order valence-corrected chi connectivity index (χ4v) is 2.34. The predicted octanol–water partition coefficient (Wildman–Crippen LogP) is 1.97. The molecule has 2 rings (SSSR count). The summed E-state index contributed by atoms with van der Waals surface area (Å²) in [5.41, 5.74) is 2.42. The van der Waals surface area contributed by atoms with Gasteiger partial charge in [0.15, 0.2) is 0 Å². The van der Waals surface area contributed by atoms with Crippen molar-refractivity contribution in [3.05, 3.63) is 29.8 Å². The van der Waals surface area contributed by atoms with Crippen LogP contribution in [0.25, 0.3) is 0 Å². The maximum atomic E-state index is 12.1. The topological polar surface area (TPSA) is 32.3 Å². The van der Waals surface area contributed by atoms with Crippen LogP contribution in [-0.2, 0) is 11.2 Å². The molecule has 3 heteroatoms. The number of carbonyl (C=O) groups is 1. The van der Waals surface area contributed by atoms with E-state index in [0.717, 1.165) is 38.0 Å². The first kappa shape index (κ1) is 12.1. The maximum absolute atomic E-state index is 12.1. The number of rotatable bonds is 4. The summed E-state index contributed by atoms with van der Waals surface area (Å²) in [6.07, 6.45) is 3.72. The molecule has 0 aliphatic carbocycles. The van der Waals surface area contributed by atoms with Gasteiger partial charge in [-0.2, -0.15) is 0 Å². The second-order valence-electron chi connectivity index (χ2n) is 4.48. The van der Waals surface area contributed by atoms with E-state index in [0.29, 0.717) is 6.42 Å². The first-order chi connectivity index (χ1) is 8.33. The van der Waals surface area contributed by atoms with Gasteiger partial charge in [-0.05, 0) is 44.5 Å². The third kappa shape index (κ3) is 2.86. The molecule has 0 spiro atoms. The second kappa shape index (κ2) is 5.82. The first-order valence-corrected chi connectivity index (χ1v) is 6.36. The molecule has 0 radical (unpaired) electrons. The molecular formula is C14H20N2O. The summed E-state index contributed by atoms with van der Waals surface area (Å²) < 4.78 is 0. The summed E-state index contributed by atoms with van der Waals surface area (Å²) in [4.78, 5) is 14.1. The van der Waals surface area contributed by atoms with Crippen molar-refractivity contribution in [2.24, 2.45) is 0 Å². The van der Waals surface area contributed by atoms with Crippen LogP contribution in [0.3, 0.4) is 0 Å². The zero-order valence-electron chi connectivity index (χ0n) is 10.4. The third-order valence-corrected chi connectivity index (χ3v) is 3.23. The normalized spacial score (nSPS) is 14.5. The molecule has 1 N–H and O–H groups in total. The van der Waals surface area contributed by atoms with E-state index in [-0.39, 0.29) is 5.91 Å². The number of fused-ring (bicyclic) bond motifs is 1. The van der Waals surface area contributed by atoms with Crippen molar-refractivity contribution < 1.29 is 4.79 Å². The molecule has 0 fully saturated rings. The number of amides is 1. The monoisotopic (exact) mass is 232 g/mol. The molecule has 1 aliphatic rings. The average Bonchev–Trinajstić information content (AvgIpc) is 2.38. The zero-order valence-corrected chi connectivity index (χ0v) is 10.4. The largest absolute Gasteiger partial charge is 0.320 e. The van der Waals surface area contributed by atoms with Gasteiger partial charge < -0.3 is 10.2 Å². The number of hydrogen-bond acceptors (Lipinski definition) is 2. The molecule has 92 valence electrons. The molecule has 0 saturated carbocycles. The summed E-state index contributed by atoms with van der Waals surface area (Å²) >= 11 is 0. The Labute approximate surface area is 103 Å². The molecule has 0 atom stereocenters. The van der Waals surface area contributed by atoms with Gasteiger partial charge in [0.1, 0.15) is 0 Å². The number of carbonyl (C=O) groups excluding carboxylic acids is 1. The number of anilines is 1. The Balaban J connectivity index is 2.05. The van der Waals surface area contributed by atoms with E-state index in [1.165, 1.54) is 5.56 Å². The molecule has 0 unspecified atom stereocenters. The van der Waals surface area contributed by atoms with Crippen molar-refractivity contribution in [3.63, 3.8) is 0 Å². The van der Waals surface area contributed by atoms with Crippen molar-refractivity contribution in [3.8, 4) is 0 Å². The van der Waals surface area contributed by atoms with Crippen LogP contribution in [0, 0.1) is 0 Å². The molecule has 3 nitrogen and oxygen atoms in total. The summed E-state index contributed by atoms with van der Waals surface area (Å²) in [5.74, 6) is 0.257. The molecule has 1 aliphatic heterocycles. The molecule has 17 heavy (non-hydrogen) atoms. The minimum absolute atomic E-state index is 0.257. The smallest absolute Gasteiger partial charge is 0.227 e. The standard InChI is InChI=1S/C14H20N2O/c1-15-10-4-9-14(17)16-11-5-7-12-6-2-3-8-13(12)16/h2-3,6,8,15H,4-5,7,9-11H2,1H3. The van der Waals surface area contributed by atoms with Crippen LogP contribution < -0.4 is 10.2 Å². The van der Waals surface area contributed by atoms with Crippen molar-refractivity contribution >= 4 is 11.6 Å². The van der Waals surface area contributed by atoms with Crippen molar-refractivity contribution in [1.82, 2.24) is 5.32 Å². The predicted molar refractivity (Wildman–Crippen MR) is 70.3 cm³/mol. The number of aryl methyl sites for hydroxylation is 1. The van der Waals surface area contributed by atoms with Crippen LogP contribution in [-0.4, -0.2) is 26.0 Å². The molecular weight excluding hydrogens is 212 g/mol. The number of hydrogen-bond donors (Lipinski definition) is 1. The van der Waals surface area contributed by atoms with Crippen LogP contribution in [0.4, 0.5) is 5.69 Å². The minimum Gasteiger partial charge on any atom is -0.320 e. The van der Waals surface area contributed by atoms with E-state index in [4.69, 9.17) is 0 Å². The lowest BCUT2D eigenvalue weighted by Gasteiger charge is -2.29. The number of nitrogens with zero attached hydrogens (tertiary/aromatic N) is 1. The molecule has 1 aromatic rings. The van der Waals surface area contributed by atoms with E-state index < -0.39 is 0 Å². The van der Waals surface area contributed by atoms with Gasteiger partial charge in [-0.1, -0.05) is 18.2 Å². The van der Waals surface area contributed by atoms with Crippen molar-refractivity contribution in [2.45, 2.75) is 25.7 Å². The van der Waals surface area contributed by atoms with Gasteiger partial charge in [0.05, 0.1) is 0 Å².